The zero-order valence-corrected chi connectivity index (χ0v) is 17.7. The summed E-state index contributed by atoms with van der Waals surface area (Å²) in [5, 5.41) is 7.09. The Balaban J connectivity index is 1.40. The standard InChI is InChI=1S/C24H27FN4O2/c1-2-3-16-31-21-10-4-18(5-11-21)23-22(17-26-27-23)24(30)29-14-12-28(13-15-29)20-8-6-19(25)7-9-20/h4-11,17H,2-3,12-16H2,1H3,(H,26,27). The molecular weight excluding hydrogens is 395 g/mol. The molecule has 1 N–H and O–H groups in total. The number of unbranched alkanes of at least 4 members (excludes halogenated alkanes) is 1. The number of nitrogens with one attached hydrogen (secondary N) is 1. The van der Waals surface area contributed by atoms with E-state index < -0.39 is 0 Å². The Labute approximate surface area is 181 Å². The summed E-state index contributed by atoms with van der Waals surface area (Å²) in [6.07, 6.45) is 3.71. The fourth-order valence-corrected chi connectivity index (χ4v) is 3.71. The number of amides is 1. The lowest BCUT2D eigenvalue weighted by Gasteiger charge is -2.36. The monoisotopic (exact) mass is 422 g/mol. The number of hydrogen-bond acceptors (Lipinski definition) is 4. The normalized spacial score (nSPS) is 14.0. The second kappa shape index (κ2) is 9.64. The summed E-state index contributed by atoms with van der Waals surface area (Å²) in [4.78, 5) is 17.2. The lowest BCUT2D eigenvalue weighted by molar-refractivity contribution is 0.0747. The molecule has 2 aromatic carbocycles. The van der Waals surface area contributed by atoms with Crippen LogP contribution in [-0.2, 0) is 0 Å². The SMILES string of the molecule is CCCCOc1ccc(-c2[nH]ncc2C(=O)N2CCN(c3ccc(F)cc3)CC2)cc1. The van der Waals surface area contributed by atoms with Crippen molar-refractivity contribution < 1.29 is 13.9 Å². The minimum Gasteiger partial charge on any atom is -0.494 e. The Kier molecular flexibility index (Phi) is 6.50. The minimum atomic E-state index is -0.245. The zero-order valence-electron chi connectivity index (χ0n) is 17.7. The maximum absolute atomic E-state index is 13.2. The van der Waals surface area contributed by atoms with E-state index in [0.29, 0.717) is 44.0 Å². The predicted molar refractivity (Wildman–Crippen MR) is 119 cm³/mol. The van der Waals surface area contributed by atoms with Crippen LogP contribution in [0.3, 0.4) is 0 Å². The number of hydrogen-bond donors (Lipinski definition) is 1. The van der Waals surface area contributed by atoms with E-state index in [1.54, 1.807) is 18.3 Å². The number of rotatable bonds is 7. The fourth-order valence-electron chi connectivity index (χ4n) is 3.71. The molecule has 7 heteroatoms. The van der Waals surface area contributed by atoms with Gasteiger partial charge in [-0.3, -0.25) is 9.89 Å². The van der Waals surface area contributed by atoms with Crippen LogP contribution in [0.25, 0.3) is 11.3 Å². The number of carbonyl (C=O) groups is 1. The second-order valence-corrected chi connectivity index (χ2v) is 7.64. The molecule has 6 nitrogen and oxygen atoms in total. The van der Waals surface area contributed by atoms with E-state index in [0.717, 1.165) is 29.8 Å². The molecule has 0 atom stereocenters. The molecule has 31 heavy (non-hydrogen) atoms. The van der Waals surface area contributed by atoms with Gasteiger partial charge in [0.1, 0.15) is 11.6 Å². The topological polar surface area (TPSA) is 61.5 Å². The third kappa shape index (κ3) is 4.87. The smallest absolute Gasteiger partial charge is 0.257 e. The molecule has 1 amide bonds. The van der Waals surface area contributed by atoms with Crippen LogP contribution >= 0.6 is 0 Å². The van der Waals surface area contributed by atoms with Crippen LogP contribution in [0.15, 0.2) is 54.7 Å². The van der Waals surface area contributed by atoms with Gasteiger partial charge in [-0.2, -0.15) is 5.10 Å². The Hall–Kier alpha value is -3.35. The van der Waals surface area contributed by atoms with E-state index in [1.807, 2.05) is 29.2 Å². The molecule has 4 rings (SSSR count). The van der Waals surface area contributed by atoms with E-state index in [1.165, 1.54) is 12.1 Å². The molecule has 3 aromatic rings. The first-order chi connectivity index (χ1) is 15.2. The van der Waals surface area contributed by atoms with Crippen LogP contribution in [0.2, 0.25) is 0 Å². The van der Waals surface area contributed by atoms with Crippen molar-refractivity contribution in [2.24, 2.45) is 0 Å². The number of nitrogens with zero attached hydrogens (tertiary/aromatic N) is 3. The molecule has 162 valence electrons. The maximum Gasteiger partial charge on any atom is 0.257 e. The van der Waals surface area contributed by atoms with E-state index in [2.05, 4.69) is 22.0 Å². The molecule has 1 fully saturated rings. The first kappa shape index (κ1) is 20.9. The molecular formula is C24H27FN4O2. The predicted octanol–water partition coefficient (Wildman–Crippen LogP) is 4.36. The summed E-state index contributed by atoms with van der Waals surface area (Å²) < 4.78 is 18.9. The van der Waals surface area contributed by atoms with Crippen molar-refractivity contribution in [2.75, 3.05) is 37.7 Å². The van der Waals surface area contributed by atoms with Gasteiger partial charge in [-0.15, -0.1) is 0 Å². The zero-order chi connectivity index (χ0) is 21.6. The number of ether oxygens (including phenoxy) is 1. The first-order valence-corrected chi connectivity index (χ1v) is 10.7. The van der Waals surface area contributed by atoms with Gasteiger partial charge in [-0.05, 0) is 55.0 Å². The van der Waals surface area contributed by atoms with Crippen molar-refractivity contribution >= 4 is 11.6 Å². The van der Waals surface area contributed by atoms with Gasteiger partial charge in [-0.25, -0.2) is 4.39 Å². The van der Waals surface area contributed by atoms with Gasteiger partial charge in [0.25, 0.3) is 5.91 Å². The quantitative estimate of drug-likeness (QED) is 0.575. The van der Waals surface area contributed by atoms with Gasteiger partial charge in [0.05, 0.1) is 24.1 Å². The number of anilines is 1. The number of piperazine rings is 1. The number of carbonyl (C=O) groups excluding carboxylic acids is 1. The minimum absolute atomic E-state index is 0.0363. The van der Waals surface area contributed by atoms with Crippen molar-refractivity contribution in [3.05, 3.63) is 66.1 Å². The highest BCUT2D eigenvalue weighted by Crippen LogP contribution is 2.26. The van der Waals surface area contributed by atoms with Crippen LogP contribution in [0, 0.1) is 5.82 Å². The fraction of sp³-hybridized carbons (Fsp3) is 0.333. The second-order valence-electron chi connectivity index (χ2n) is 7.64. The van der Waals surface area contributed by atoms with Gasteiger partial charge in [0.2, 0.25) is 0 Å². The summed E-state index contributed by atoms with van der Waals surface area (Å²) in [6, 6.07) is 14.2. The van der Waals surface area contributed by atoms with Gasteiger partial charge in [0.15, 0.2) is 0 Å². The molecule has 1 saturated heterocycles. The van der Waals surface area contributed by atoms with Crippen molar-refractivity contribution in [3.8, 4) is 17.0 Å². The number of benzene rings is 2. The van der Waals surface area contributed by atoms with Crippen molar-refractivity contribution in [3.63, 3.8) is 0 Å². The molecule has 0 bridgehead atoms. The number of H-pyrrole nitrogens is 1. The average molecular weight is 423 g/mol. The molecule has 1 aliphatic heterocycles. The van der Waals surface area contributed by atoms with E-state index >= 15 is 0 Å². The molecule has 0 aliphatic carbocycles. The largest absolute Gasteiger partial charge is 0.494 e. The number of halogens is 1. The summed E-state index contributed by atoms with van der Waals surface area (Å²) in [5.74, 6) is 0.540. The lowest BCUT2D eigenvalue weighted by Crippen LogP contribution is -2.48. The average Bonchev–Trinajstić information content (AvgIpc) is 3.30. The Morgan fingerprint density at radius 1 is 1.06 bits per heavy atom. The van der Waals surface area contributed by atoms with Crippen molar-refractivity contribution in [2.45, 2.75) is 19.8 Å². The van der Waals surface area contributed by atoms with Crippen LogP contribution < -0.4 is 9.64 Å². The molecule has 0 saturated carbocycles. The Bertz CT molecular complexity index is 993. The van der Waals surface area contributed by atoms with Gasteiger partial charge < -0.3 is 14.5 Å². The maximum atomic E-state index is 13.2. The molecule has 0 unspecified atom stereocenters. The lowest BCUT2D eigenvalue weighted by atomic mass is 10.1. The van der Waals surface area contributed by atoms with Crippen LogP contribution in [0.5, 0.6) is 5.75 Å². The summed E-state index contributed by atoms with van der Waals surface area (Å²) in [5.41, 5.74) is 3.15. The first-order valence-electron chi connectivity index (χ1n) is 10.7. The van der Waals surface area contributed by atoms with Gasteiger partial charge in [0, 0.05) is 37.4 Å². The third-order valence-electron chi connectivity index (χ3n) is 5.54. The highest BCUT2D eigenvalue weighted by atomic mass is 19.1. The Morgan fingerprint density at radius 3 is 2.45 bits per heavy atom. The molecule has 1 aliphatic rings. The summed E-state index contributed by atoms with van der Waals surface area (Å²) in [6.45, 7) is 5.44. The van der Waals surface area contributed by atoms with Crippen molar-refractivity contribution in [1.82, 2.24) is 15.1 Å². The van der Waals surface area contributed by atoms with E-state index in [9.17, 15) is 9.18 Å². The number of aromatic nitrogens is 2. The molecule has 2 heterocycles. The Morgan fingerprint density at radius 2 is 1.77 bits per heavy atom. The summed E-state index contributed by atoms with van der Waals surface area (Å²) in [7, 11) is 0. The summed E-state index contributed by atoms with van der Waals surface area (Å²) >= 11 is 0. The van der Waals surface area contributed by atoms with Crippen LogP contribution in [-0.4, -0.2) is 53.8 Å². The van der Waals surface area contributed by atoms with Gasteiger partial charge in [-0.1, -0.05) is 13.3 Å². The highest BCUT2D eigenvalue weighted by Gasteiger charge is 2.25. The highest BCUT2D eigenvalue weighted by molar-refractivity contribution is 5.99. The van der Waals surface area contributed by atoms with E-state index in [-0.39, 0.29) is 11.7 Å². The third-order valence-corrected chi connectivity index (χ3v) is 5.54. The van der Waals surface area contributed by atoms with Gasteiger partial charge >= 0.3 is 0 Å². The van der Waals surface area contributed by atoms with Crippen LogP contribution in [0.1, 0.15) is 30.1 Å². The molecule has 0 spiro atoms. The number of aromatic amines is 1. The van der Waals surface area contributed by atoms with Crippen molar-refractivity contribution in [1.29, 1.82) is 0 Å². The molecule has 0 radical (unpaired) electrons. The van der Waals surface area contributed by atoms with E-state index in [4.69, 9.17) is 4.74 Å². The van der Waals surface area contributed by atoms with Crippen LogP contribution in [0.4, 0.5) is 10.1 Å². The molecule has 1 aromatic heterocycles.